The molecular formula is C25H20Cl2N4O5. The molecule has 11 heteroatoms. The normalized spacial score (nSPS) is 10.7. The molecule has 0 unspecified atom stereocenters. The summed E-state index contributed by atoms with van der Waals surface area (Å²) in [5.74, 6) is 0.473. The summed E-state index contributed by atoms with van der Waals surface area (Å²) in [4.78, 5) is 23.7. The number of hydrogen-bond donors (Lipinski definition) is 1. The van der Waals surface area contributed by atoms with Crippen LogP contribution >= 0.6 is 23.2 Å². The van der Waals surface area contributed by atoms with Gasteiger partial charge in [-0.05, 0) is 55.3 Å². The van der Waals surface area contributed by atoms with E-state index in [9.17, 15) is 14.9 Å². The molecule has 1 amide bonds. The average Bonchev–Trinajstić information content (AvgIpc) is 3.27. The first-order valence-corrected chi connectivity index (χ1v) is 11.4. The summed E-state index contributed by atoms with van der Waals surface area (Å²) in [6, 6.07) is 16.1. The van der Waals surface area contributed by atoms with E-state index in [0.29, 0.717) is 21.5 Å². The van der Waals surface area contributed by atoms with E-state index in [1.54, 1.807) is 24.4 Å². The van der Waals surface area contributed by atoms with Gasteiger partial charge in [0.1, 0.15) is 11.5 Å². The third-order valence-corrected chi connectivity index (χ3v) is 5.52. The number of carbonyl (C=O) groups excluding carboxylic acids is 1. The fraction of sp³-hybridized carbons (Fsp3) is 0.120. The molecule has 36 heavy (non-hydrogen) atoms. The SMILES string of the molecule is Cc1cc(C)cc(Oc2cc(NC(=O)c3ccn(COc4c(Cl)cccc4Cl)n3)cc([N+](=O)[O-])c2)c1. The smallest absolute Gasteiger partial charge is 0.276 e. The largest absolute Gasteiger partial charge is 0.468 e. The molecule has 0 saturated carbocycles. The minimum atomic E-state index is -0.567. The number of nitro groups is 1. The number of para-hydroxylation sites is 1. The average molecular weight is 527 g/mol. The molecule has 184 valence electrons. The van der Waals surface area contributed by atoms with Crippen molar-refractivity contribution >= 4 is 40.5 Å². The second-order valence-electron chi connectivity index (χ2n) is 7.92. The van der Waals surface area contributed by atoms with Gasteiger partial charge in [-0.25, -0.2) is 4.68 Å². The summed E-state index contributed by atoms with van der Waals surface area (Å²) in [5, 5.41) is 18.9. The zero-order valence-corrected chi connectivity index (χ0v) is 20.7. The van der Waals surface area contributed by atoms with Crippen molar-refractivity contribution in [2.24, 2.45) is 0 Å². The van der Waals surface area contributed by atoms with Crippen molar-refractivity contribution in [2.45, 2.75) is 20.6 Å². The highest BCUT2D eigenvalue weighted by atomic mass is 35.5. The van der Waals surface area contributed by atoms with E-state index in [1.165, 1.54) is 28.9 Å². The predicted molar refractivity (Wildman–Crippen MR) is 136 cm³/mol. The summed E-state index contributed by atoms with van der Waals surface area (Å²) >= 11 is 12.2. The fourth-order valence-corrected chi connectivity index (χ4v) is 3.96. The molecule has 0 aliphatic rings. The molecule has 0 aliphatic carbocycles. The third-order valence-electron chi connectivity index (χ3n) is 4.92. The van der Waals surface area contributed by atoms with Gasteiger partial charge in [0.15, 0.2) is 18.2 Å². The summed E-state index contributed by atoms with van der Waals surface area (Å²) in [5.41, 5.74) is 2.00. The Morgan fingerprint density at radius 2 is 1.69 bits per heavy atom. The van der Waals surface area contributed by atoms with Crippen LogP contribution in [0.15, 0.2) is 66.9 Å². The summed E-state index contributed by atoms with van der Waals surface area (Å²) in [6.45, 7) is 3.81. The number of amides is 1. The molecule has 0 radical (unpaired) electrons. The van der Waals surface area contributed by atoms with Gasteiger partial charge in [-0.1, -0.05) is 35.3 Å². The van der Waals surface area contributed by atoms with Crippen molar-refractivity contribution in [1.29, 1.82) is 0 Å². The lowest BCUT2D eigenvalue weighted by Crippen LogP contribution is -2.14. The number of aryl methyl sites for hydroxylation is 2. The Hall–Kier alpha value is -4.08. The maximum Gasteiger partial charge on any atom is 0.276 e. The van der Waals surface area contributed by atoms with Crippen molar-refractivity contribution in [1.82, 2.24) is 9.78 Å². The Morgan fingerprint density at radius 1 is 1.03 bits per heavy atom. The van der Waals surface area contributed by atoms with Crippen LogP contribution in [0.25, 0.3) is 0 Å². The Bertz CT molecular complexity index is 1410. The van der Waals surface area contributed by atoms with Crippen LogP contribution in [0.4, 0.5) is 11.4 Å². The summed E-state index contributed by atoms with van der Waals surface area (Å²) < 4.78 is 12.8. The minimum Gasteiger partial charge on any atom is -0.468 e. The van der Waals surface area contributed by atoms with Crippen LogP contribution < -0.4 is 14.8 Å². The molecule has 0 spiro atoms. The lowest BCUT2D eigenvalue weighted by molar-refractivity contribution is -0.384. The highest BCUT2D eigenvalue weighted by Gasteiger charge is 2.16. The van der Waals surface area contributed by atoms with Crippen LogP contribution in [0.2, 0.25) is 10.0 Å². The van der Waals surface area contributed by atoms with Gasteiger partial charge in [-0.3, -0.25) is 14.9 Å². The van der Waals surface area contributed by atoms with Gasteiger partial charge < -0.3 is 14.8 Å². The number of nitrogens with zero attached hydrogens (tertiary/aromatic N) is 3. The number of non-ortho nitro benzene ring substituents is 1. The van der Waals surface area contributed by atoms with Crippen LogP contribution in [0.5, 0.6) is 17.2 Å². The van der Waals surface area contributed by atoms with Gasteiger partial charge in [-0.2, -0.15) is 5.10 Å². The number of carbonyl (C=O) groups is 1. The van der Waals surface area contributed by atoms with Crippen molar-refractivity contribution in [3.8, 4) is 17.2 Å². The highest BCUT2D eigenvalue weighted by molar-refractivity contribution is 6.37. The van der Waals surface area contributed by atoms with Crippen LogP contribution in [-0.2, 0) is 6.73 Å². The van der Waals surface area contributed by atoms with E-state index < -0.39 is 10.8 Å². The number of rotatable bonds is 8. The first-order chi connectivity index (χ1) is 17.2. The van der Waals surface area contributed by atoms with E-state index >= 15 is 0 Å². The number of halogens is 2. The van der Waals surface area contributed by atoms with Gasteiger partial charge in [0, 0.05) is 18.3 Å². The van der Waals surface area contributed by atoms with Gasteiger partial charge in [0.25, 0.3) is 11.6 Å². The van der Waals surface area contributed by atoms with E-state index in [-0.39, 0.29) is 29.5 Å². The molecule has 4 aromatic rings. The number of aromatic nitrogens is 2. The number of ether oxygens (including phenoxy) is 2. The number of hydrogen-bond acceptors (Lipinski definition) is 6. The molecule has 9 nitrogen and oxygen atoms in total. The number of benzene rings is 3. The molecule has 0 saturated heterocycles. The summed E-state index contributed by atoms with van der Waals surface area (Å²) in [7, 11) is 0. The zero-order chi connectivity index (χ0) is 25.8. The quantitative estimate of drug-likeness (QED) is 0.200. The highest BCUT2D eigenvalue weighted by Crippen LogP contribution is 2.33. The number of nitrogens with one attached hydrogen (secondary N) is 1. The molecule has 1 heterocycles. The molecule has 0 aliphatic heterocycles. The molecular weight excluding hydrogens is 507 g/mol. The van der Waals surface area contributed by atoms with Gasteiger partial charge in [0.2, 0.25) is 0 Å². The van der Waals surface area contributed by atoms with Crippen LogP contribution in [0, 0.1) is 24.0 Å². The molecule has 1 aromatic heterocycles. The van der Waals surface area contributed by atoms with Gasteiger partial charge >= 0.3 is 0 Å². The predicted octanol–water partition coefficient (Wildman–Crippen LogP) is 6.80. The molecule has 3 aromatic carbocycles. The first kappa shape index (κ1) is 25.0. The Kier molecular flexibility index (Phi) is 7.42. The minimum absolute atomic E-state index is 0.0402. The molecule has 0 atom stereocenters. The van der Waals surface area contributed by atoms with Crippen LogP contribution in [0.1, 0.15) is 21.6 Å². The topological polar surface area (TPSA) is 109 Å². The second-order valence-corrected chi connectivity index (χ2v) is 8.73. The molecule has 0 fully saturated rings. The molecule has 1 N–H and O–H groups in total. The maximum absolute atomic E-state index is 12.8. The molecule has 4 rings (SSSR count). The number of anilines is 1. The van der Waals surface area contributed by atoms with Crippen LogP contribution in [0.3, 0.4) is 0 Å². The lowest BCUT2D eigenvalue weighted by atomic mass is 10.1. The molecule has 0 bridgehead atoms. The van der Waals surface area contributed by atoms with E-state index in [4.69, 9.17) is 32.7 Å². The van der Waals surface area contributed by atoms with Crippen molar-refractivity contribution < 1.29 is 19.2 Å². The number of nitro benzene ring substituents is 1. The Balaban J connectivity index is 1.49. The Morgan fingerprint density at radius 3 is 2.36 bits per heavy atom. The first-order valence-electron chi connectivity index (χ1n) is 10.7. The summed E-state index contributed by atoms with van der Waals surface area (Å²) in [6.07, 6.45) is 1.54. The van der Waals surface area contributed by atoms with Gasteiger partial charge in [0.05, 0.1) is 26.7 Å². The second kappa shape index (κ2) is 10.7. The van der Waals surface area contributed by atoms with Crippen molar-refractivity contribution in [3.63, 3.8) is 0 Å². The standard InChI is InChI=1S/C25H20Cl2N4O5/c1-15-8-16(2)10-19(9-15)36-20-12-17(11-18(13-20)31(33)34)28-25(32)23-6-7-30(29-23)14-35-24-21(26)4-3-5-22(24)27/h3-13H,14H2,1-2H3,(H,28,32). The monoisotopic (exact) mass is 526 g/mol. The Labute approximate surface area is 216 Å². The van der Waals surface area contributed by atoms with E-state index in [1.807, 2.05) is 32.0 Å². The zero-order valence-electron chi connectivity index (χ0n) is 19.2. The third kappa shape index (κ3) is 6.12. The van der Waals surface area contributed by atoms with Crippen LogP contribution in [-0.4, -0.2) is 20.6 Å². The van der Waals surface area contributed by atoms with Crippen molar-refractivity contribution in [3.05, 3.63) is 104 Å². The lowest BCUT2D eigenvalue weighted by Gasteiger charge is -2.10. The fourth-order valence-electron chi connectivity index (χ4n) is 3.45. The van der Waals surface area contributed by atoms with Gasteiger partial charge in [-0.15, -0.1) is 0 Å². The van der Waals surface area contributed by atoms with E-state index in [0.717, 1.165) is 11.1 Å². The van der Waals surface area contributed by atoms with E-state index in [2.05, 4.69) is 10.4 Å². The van der Waals surface area contributed by atoms with Crippen molar-refractivity contribution in [2.75, 3.05) is 5.32 Å². The maximum atomic E-state index is 12.8.